The highest BCUT2D eigenvalue weighted by Gasteiger charge is 2.42. The molecule has 1 fully saturated rings. The average molecular weight is 400 g/mol. The number of carbonyl (C=O) groups excluding carboxylic acids is 1. The van der Waals surface area contributed by atoms with Gasteiger partial charge < -0.3 is 9.72 Å². The van der Waals surface area contributed by atoms with Crippen LogP contribution in [0.3, 0.4) is 0 Å². The third-order valence-electron chi connectivity index (χ3n) is 4.80. The monoisotopic (exact) mass is 399 g/mol. The maximum Gasteiger partial charge on any atom is 0.237 e. The van der Waals surface area contributed by atoms with E-state index < -0.39 is 5.41 Å². The van der Waals surface area contributed by atoms with E-state index in [4.69, 9.17) is 4.74 Å². The van der Waals surface area contributed by atoms with Gasteiger partial charge in [0.15, 0.2) is 0 Å². The first-order chi connectivity index (χ1) is 12.2. The van der Waals surface area contributed by atoms with E-state index in [1.807, 2.05) is 48.5 Å². The predicted molar refractivity (Wildman–Crippen MR) is 101 cm³/mol. The van der Waals surface area contributed by atoms with Crippen molar-refractivity contribution in [3.63, 3.8) is 0 Å². The number of hydrogen-bond donors (Lipinski definition) is 2. The summed E-state index contributed by atoms with van der Waals surface area (Å²) in [5.41, 5.74) is 2.15. The summed E-state index contributed by atoms with van der Waals surface area (Å²) in [6, 6.07) is 15.7. The Labute approximate surface area is 153 Å². The van der Waals surface area contributed by atoms with Crippen molar-refractivity contribution >= 4 is 38.8 Å². The number of halogens is 1. The number of carbonyl (C=O) groups is 1. The molecule has 2 heterocycles. The predicted octanol–water partition coefficient (Wildman–Crippen LogP) is 4.01. The Morgan fingerprint density at radius 3 is 2.56 bits per heavy atom. The summed E-state index contributed by atoms with van der Waals surface area (Å²) in [7, 11) is 0. The highest BCUT2D eigenvalue weighted by Crippen LogP contribution is 2.36. The Morgan fingerprint density at radius 1 is 1.12 bits per heavy atom. The summed E-state index contributed by atoms with van der Waals surface area (Å²) in [5.74, 6) is 0.436. The highest BCUT2D eigenvalue weighted by atomic mass is 79.9. The molecular formula is C19H18BrN3O2. The van der Waals surface area contributed by atoms with Gasteiger partial charge in [-0.25, -0.2) is 4.98 Å². The normalized spacial score (nSPS) is 16.7. The van der Waals surface area contributed by atoms with Gasteiger partial charge in [0, 0.05) is 17.7 Å². The van der Waals surface area contributed by atoms with Gasteiger partial charge in [-0.2, -0.15) is 0 Å². The Kier molecular flexibility index (Phi) is 4.31. The Balaban J connectivity index is 1.66. The molecule has 128 valence electrons. The minimum Gasteiger partial charge on any atom is -0.381 e. The largest absolute Gasteiger partial charge is 0.381 e. The van der Waals surface area contributed by atoms with E-state index in [2.05, 4.69) is 31.2 Å². The summed E-state index contributed by atoms with van der Waals surface area (Å²) < 4.78 is 6.50. The molecule has 4 rings (SSSR count). The van der Waals surface area contributed by atoms with Crippen LogP contribution in [0.1, 0.15) is 18.4 Å². The van der Waals surface area contributed by atoms with E-state index in [1.165, 1.54) is 0 Å². The van der Waals surface area contributed by atoms with Crippen molar-refractivity contribution in [2.45, 2.75) is 18.3 Å². The van der Waals surface area contributed by atoms with Crippen molar-refractivity contribution in [3.8, 4) is 0 Å². The second-order valence-electron chi connectivity index (χ2n) is 6.26. The van der Waals surface area contributed by atoms with Crippen molar-refractivity contribution in [2.75, 3.05) is 18.5 Å². The van der Waals surface area contributed by atoms with Gasteiger partial charge in [-0.3, -0.25) is 10.1 Å². The molecule has 1 aliphatic rings. The minimum atomic E-state index is -0.599. The number of aromatic amines is 1. The molecule has 0 saturated carbocycles. The van der Waals surface area contributed by atoms with Gasteiger partial charge in [0.2, 0.25) is 11.9 Å². The number of nitrogens with one attached hydrogen (secondary N) is 2. The first kappa shape index (κ1) is 16.3. The van der Waals surface area contributed by atoms with Crippen LogP contribution in [0.25, 0.3) is 11.0 Å². The first-order valence-electron chi connectivity index (χ1n) is 8.27. The molecule has 3 aromatic rings. The topological polar surface area (TPSA) is 67.0 Å². The molecule has 1 aromatic heterocycles. The van der Waals surface area contributed by atoms with Crippen LogP contribution in [0.5, 0.6) is 0 Å². The zero-order valence-electron chi connectivity index (χ0n) is 13.6. The molecule has 5 nitrogen and oxygen atoms in total. The zero-order chi connectivity index (χ0) is 17.3. The first-order valence-corrected chi connectivity index (χ1v) is 9.07. The number of para-hydroxylation sites is 2. The molecule has 6 heteroatoms. The lowest BCUT2D eigenvalue weighted by molar-refractivity contribution is -0.125. The summed E-state index contributed by atoms with van der Waals surface area (Å²) >= 11 is 3.46. The van der Waals surface area contributed by atoms with Gasteiger partial charge in [-0.05, 0) is 42.7 Å². The molecule has 0 radical (unpaired) electrons. The lowest BCUT2D eigenvalue weighted by Crippen LogP contribution is -2.45. The average Bonchev–Trinajstić information content (AvgIpc) is 3.05. The van der Waals surface area contributed by atoms with Crippen LogP contribution in [0.2, 0.25) is 0 Å². The number of anilines is 1. The number of H-pyrrole nitrogens is 1. The molecule has 1 aliphatic heterocycles. The van der Waals surface area contributed by atoms with Gasteiger partial charge in [-0.15, -0.1) is 0 Å². The van der Waals surface area contributed by atoms with Crippen LogP contribution in [0.4, 0.5) is 5.95 Å². The van der Waals surface area contributed by atoms with E-state index in [9.17, 15) is 4.79 Å². The molecule has 0 spiro atoms. The van der Waals surface area contributed by atoms with E-state index in [-0.39, 0.29) is 5.91 Å². The van der Waals surface area contributed by atoms with Crippen LogP contribution < -0.4 is 5.32 Å². The maximum atomic E-state index is 13.2. The third kappa shape index (κ3) is 3.07. The van der Waals surface area contributed by atoms with Crippen LogP contribution in [0.15, 0.2) is 53.0 Å². The Hall–Kier alpha value is -2.18. The van der Waals surface area contributed by atoms with Crippen LogP contribution in [0, 0.1) is 0 Å². The minimum absolute atomic E-state index is 0.0443. The molecule has 25 heavy (non-hydrogen) atoms. The molecule has 0 bridgehead atoms. The van der Waals surface area contributed by atoms with Gasteiger partial charge in [-0.1, -0.05) is 40.2 Å². The number of fused-ring (bicyclic) bond motifs is 1. The van der Waals surface area contributed by atoms with Crippen LogP contribution in [-0.4, -0.2) is 29.1 Å². The number of benzene rings is 2. The van der Waals surface area contributed by atoms with E-state index in [0.717, 1.165) is 21.1 Å². The number of ether oxygens (including phenoxy) is 1. The summed E-state index contributed by atoms with van der Waals surface area (Å²) in [5, 5.41) is 2.98. The smallest absolute Gasteiger partial charge is 0.237 e. The van der Waals surface area contributed by atoms with Gasteiger partial charge in [0.05, 0.1) is 16.4 Å². The maximum absolute atomic E-state index is 13.2. The molecule has 0 aliphatic carbocycles. The quantitative estimate of drug-likeness (QED) is 0.698. The second kappa shape index (κ2) is 6.61. The highest BCUT2D eigenvalue weighted by molar-refractivity contribution is 9.10. The fraction of sp³-hybridized carbons (Fsp3) is 0.263. The van der Waals surface area contributed by atoms with Crippen molar-refractivity contribution in [2.24, 2.45) is 0 Å². The van der Waals surface area contributed by atoms with Crippen LogP contribution in [-0.2, 0) is 14.9 Å². The fourth-order valence-electron chi connectivity index (χ4n) is 3.37. The standard InChI is InChI=1S/C19H18BrN3O2/c20-14-7-5-13(6-8-14)19(9-11-25-12-10-19)17(24)23-18-21-15-3-1-2-4-16(15)22-18/h1-8H,9-12H2,(H2,21,22,23,24). The van der Waals surface area contributed by atoms with E-state index in [0.29, 0.717) is 32.0 Å². The fourth-order valence-corrected chi connectivity index (χ4v) is 3.64. The van der Waals surface area contributed by atoms with E-state index >= 15 is 0 Å². The molecule has 2 N–H and O–H groups in total. The third-order valence-corrected chi connectivity index (χ3v) is 5.33. The van der Waals surface area contributed by atoms with Gasteiger partial charge in [0.25, 0.3) is 0 Å². The lowest BCUT2D eigenvalue weighted by Gasteiger charge is -2.36. The Morgan fingerprint density at radius 2 is 1.84 bits per heavy atom. The summed E-state index contributed by atoms with van der Waals surface area (Å²) in [4.78, 5) is 20.8. The van der Waals surface area contributed by atoms with Gasteiger partial charge >= 0.3 is 0 Å². The number of aromatic nitrogens is 2. The summed E-state index contributed by atoms with van der Waals surface area (Å²) in [6.07, 6.45) is 1.31. The number of hydrogen-bond acceptors (Lipinski definition) is 3. The lowest BCUT2D eigenvalue weighted by atomic mass is 9.73. The SMILES string of the molecule is O=C(Nc1nc2ccccc2[nH]1)C1(c2ccc(Br)cc2)CCOCC1. The number of amides is 1. The van der Waals surface area contributed by atoms with E-state index in [1.54, 1.807) is 0 Å². The number of imidazole rings is 1. The zero-order valence-corrected chi connectivity index (χ0v) is 15.2. The Bertz CT molecular complexity index is 865. The summed E-state index contributed by atoms with van der Waals surface area (Å²) in [6.45, 7) is 1.15. The van der Waals surface area contributed by atoms with Crippen molar-refractivity contribution < 1.29 is 9.53 Å². The number of nitrogens with zero attached hydrogens (tertiary/aromatic N) is 1. The molecule has 1 amide bonds. The van der Waals surface area contributed by atoms with Crippen LogP contribution >= 0.6 is 15.9 Å². The molecule has 0 atom stereocenters. The van der Waals surface area contributed by atoms with Crippen molar-refractivity contribution in [1.82, 2.24) is 9.97 Å². The molecule has 0 unspecified atom stereocenters. The molecule has 2 aromatic carbocycles. The van der Waals surface area contributed by atoms with Gasteiger partial charge in [0.1, 0.15) is 0 Å². The van der Waals surface area contributed by atoms with Crippen molar-refractivity contribution in [1.29, 1.82) is 0 Å². The van der Waals surface area contributed by atoms with Crippen molar-refractivity contribution in [3.05, 3.63) is 58.6 Å². The molecular weight excluding hydrogens is 382 g/mol. The molecule has 1 saturated heterocycles. The number of rotatable bonds is 3. The second-order valence-corrected chi connectivity index (χ2v) is 7.17.